The van der Waals surface area contributed by atoms with Crippen LogP contribution in [0.5, 0.6) is 34.5 Å². The lowest BCUT2D eigenvalue weighted by molar-refractivity contribution is -0.384. The molecule has 0 aliphatic carbocycles. The molecule has 0 aromatic heterocycles. The Bertz CT molecular complexity index is 2240. The highest BCUT2D eigenvalue weighted by atomic mass is 19.4. The number of benzene rings is 6. The molecule has 0 aliphatic rings. The fraction of sp³-hybridized carbons (Fsp3) is 0.463. The second kappa shape index (κ2) is 56.9. The number of hydrogen-bond donors (Lipinski definition) is 0. The van der Waals surface area contributed by atoms with E-state index >= 15 is 0 Å². The van der Waals surface area contributed by atoms with Crippen molar-refractivity contribution in [2.75, 3.05) is 42.7 Å². The first kappa shape index (κ1) is 84.5. The number of rotatable bonds is 13. The highest BCUT2D eigenvalue weighted by Gasteiger charge is 2.29. The number of non-ortho nitro benzene ring substituents is 1. The number of nitro groups is 1. The molecule has 9 nitrogen and oxygen atoms in total. The lowest BCUT2D eigenvalue weighted by Gasteiger charge is -2.13. The highest BCUT2D eigenvalue weighted by molar-refractivity contribution is 5.53. The van der Waals surface area contributed by atoms with Crippen LogP contribution in [0.15, 0.2) is 127 Å². The predicted octanol–water partition coefficient (Wildman–Crippen LogP) is 20.8. The van der Waals surface area contributed by atoms with E-state index in [4.69, 9.17) is 28.4 Å². The average Bonchev–Trinajstić information content (AvgIpc) is 3.54. The molecule has 80 heavy (non-hydrogen) atoms. The van der Waals surface area contributed by atoms with Gasteiger partial charge in [0.25, 0.3) is 5.69 Å². The summed E-state index contributed by atoms with van der Waals surface area (Å²) in [6, 6.07) is 36.4. The lowest BCUT2D eigenvalue weighted by atomic mass is 10.1. The molecule has 0 bridgehead atoms. The molecule has 6 rings (SSSR count). The number of nitrogens with zero attached hydrogens (tertiary/aromatic N) is 1. The molecule has 0 amide bonds. The molecule has 0 N–H and O–H groups in total. The van der Waals surface area contributed by atoms with E-state index in [-0.39, 0.29) is 16.4 Å². The summed E-state index contributed by atoms with van der Waals surface area (Å²) in [4.78, 5) is 9.82. The van der Waals surface area contributed by atoms with Crippen LogP contribution in [0, 0.1) is 15.9 Å². The summed E-state index contributed by atoms with van der Waals surface area (Å²) in [5.74, 6) is 4.43. The zero-order valence-electron chi connectivity index (χ0n) is 53.6. The second-order valence-electron chi connectivity index (χ2n) is 14.4. The maximum Gasteiger partial charge on any atom is 0.416 e. The van der Waals surface area contributed by atoms with Gasteiger partial charge in [0.15, 0.2) is 23.0 Å². The van der Waals surface area contributed by atoms with Gasteiger partial charge in [0.1, 0.15) is 11.6 Å². The zero-order valence-corrected chi connectivity index (χ0v) is 53.6. The van der Waals surface area contributed by atoms with Gasteiger partial charge in [0, 0.05) is 12.1 Å². The van der Waals surface area contributed by atoms with Crippen LogP contribution in [0.25, 0.3) is 0 Å². The number of nitro benzene ring substituents is 1. The summed E-state index contributed by atoms with van der Waals surface area (Å²) in [7, 11) is 9.82. The minimum Gasteiger partial charge on any atom is -0.497 e. The fourth-order valence-electron chi connectivity index (χ4n) is 5.80. The minimum atomic E-state index is -4.22. The van der Waals surface area contributed by atoms with Gasteiger partial charge in [-0.1, -0.05) is 179 Å². The Morgan fingerprint density at radius 1 is 0.375 bits per heavy atom. The maximum absolute atomic E-state index is 12.2. The molecule has 13 heteroatoms. The molecular weight excluding hydrogens is 1020 g/mol. The standard InChI is InChI=1S/C11H16O3.C10H14O2.C9H9F3.C9H12O.C8H9F.C8H9NO2.6C2H6/c1-5-8-6-9(12-2)11(14-4)10(7-8)13-3;1-4-8-5-6-9(11-2)10(7-8)12-3;1-2-7-3-5-8(6-4-7)9(10,11)12;1-3-8-4-6-9(10-2)7-5-8;1-2-7-3-5-8(9)6-4-7;1-2-7-3-5-8(6-4-7)9(10)11;6*1-2/h6-7H,5H2,1-4H3;5-7H,4H2,1-3H3;3-6H,2H2,1H3;4-7H,3H2,1-2H3;3-6H,2H2,1H3;3-6H,2H2,1H3;6*1-2H3. The molecule has 0 aliphatic heterocycles. The van der Waals surface area contributed by atoms with E-state index in [2.05, 4.69) is 32.9 Å². The van der Waals surface area contributed by atoms with Gasteiger partial charge < -0.3 is 28.4 Å². The molecule has 0 fully saturated rings. The average molecular weight is 1130 g/mol. The molecule has 6 aromatic rings. The van der Waals surface area contributed by atoms with Gasteiger partial charge in [-0.2, -0.15) is 13.2 Å². The normalized spacial score (nSPS) is 8.90. The van der Waals surface area contributed by atoms with Gasteiger partial charge in [-0.25, -0.2) is 4.39 Å². The van der Waals surface area contributed by atoms with Crippen LogP contribution in [0.1, 0.15) is 164 Å². The Labute approximate surface area is 483 Å². The van der Waals surface area contributed by atoms with E-state index in [9.17, 15) is 27.7 Å². The molecule has 0 heterocycles. The summed E-state index contributed by atoms with van der Waals surface area (Å²) in [6.07, 6.45) is 1.48. The SMILES string of the molecule is CC.CC.CC.CC.CC.CC.CCc1cc(OC)c(OC)c(OC)c1.CCc1ccc(C(F)(F)F)cc1.CCc1ccc(F)cc1.CCc1ccc(OC)c(OC)c1.CCc1ccc(OC)cc1.CCc1ccc([N+](=O)[O-])cc1. The van der Waals surface area contributed by atoms with E-state index < -0.39 is 11.7 Å². The Kier molecular flexibility index (Phi) is 60.2. The maximum atomic E-state index is 12.2. The van der Waals surface area contributed by atoms with Crippen LogP contribution < -0.4 is 28.4 Å². The van der Waals surface area contributed by atoms with Crippen molar-refractivity contribution in [3.05, 3.63) is 182 Å². The van der Waals surface area contributed by atoms with Gasteiger partial charge in [-0.15, -0.1) is 0 Å². The second-order valence-corrected chi connectivity index (χ2v) is 14.4. The van der Waals surface area contributed by atoms with Crippen molar-refractivity contribution in [3.63, 3.8) is 0 Å². The van der Waals surface area contributed by atoms with Crippen LogP contribution in [0.2, 0.25) is 0 Å². The summed E-state index contributed by atoms with van der Waals surface area (Å²) in [6.45, 7) is 36.3. The van der Waals surface area contributed by atoms with E-state index in [1.807, 2.05) is 146 Å². The molecular formula is C67H105F4NO8. The van der Waals surface area contributed by atoms with Crippen LogP contribution in [0.4, 0.5) is 23.2 Å². The largest absolute Gasteiger partial charge is 0.497 e. The summed E-state index contributed by atoms with van der Waals surface area (Å²) in [5.41, 5.74) is 6.56. The van der Waals surface area contributed by atoms with Crippen molar-refractivity contribution in [2.45, 2.75) is 169 Å². The number of halogens is 4. The monoisotopic (exact) mass is 1130 g/mol. The van der Waals surface area contributed by atoms with Crippen molar-refractivity contribution in [3.8, 4) is 34.5 Å². The third kappa shape index (κ3) is 37.9. The predicted molar refractivity (Wildman–Crippen MR) is 334 cm³/mol. The first-order valence-electron chi connectivity index (χ1n) is 28.3. The molecule has 0 saturated carbocycles. The molecule has 454 valence electrons. The number of ether oxygens (including phenoxy) is 6. The van der Waals surface area contributed by atoms with Crippen LogP contribution in [-0.2, 0) is 44.7 Å². The Morgan fingerprint density at radius 2 is 0.675 bits per heavy atom. The lowest BCUT2D eigenvalue weighted by Crippen LogP contribution is -2.04. The summed E-state index contributed by atoms with van der Waals surface area (Å²) in [5, 5.41) is 10.2. The van der Waals surface area contributed by atoms with Gasteiger partial charge in [0.2, 0.25) is 5.75 Å². The number of alkyl halides is 3. The molecule has 0 unspecified atom stereocenters. The van der Waals surface area contributed by atoms with E-state index in [0.29, 0.717) is 17.2 Å². The first-order chi connectivity index (χ1) is 38.5. The van der Waals surface area contributed by atoms with Crippen molar-refractivity contribution in [1.29, 1.82) is 0 Å². The summed E-state index contributed by atoms with van der Waals surface area (Å²) >= 11 is 0. The molecule has 0 radical (unpaired) electrons. The Hall–Kier alpha value is -6.76. The van der Waals surface area contributed by atoms with E-state index in [1.165, 1.54) is 58.7 Å². The topological polar surface area (TPSA) is 98.5 Å². The summed E-state index contributed by atoms with van der Waals surface area (Å²) < 4.78 is 79.2. The van der Waals surface area contributed by atoms with Crippen molar-refractivity contribution < 1.29 is 50.9 Å². The third-order valence-corrected chi connectivity index (χ3v) is 10.1. The van der Waals surface area contributed by atoms with Crippen LogP contribution >= 0.6 is 0 Å². The third-order valence-electron chi connectivity index (χ3n) is 10.1. The molecule has 6 aromatic carbocycles. The smallest absolute Gasteiger partial charge is 0.416 e. The van der Waals surface area contributed by atoms with Crippen molar-refractivity contribution >= 4 is 5.69 Å². The number of hydrogen-bond acceptors (Lipinski definition) is 8. The molecule has 0 atom stereocenters. The van der Waals surface area contributed by atoms with Crippen LogP contribution in [0.3, 0.4) is 0 Å². The van der Waals surface area contributed by atoms with Crippen molar-refractivity contribution in [1.82, 2.24) is 0 Å². The molecule has 0 spiro atoms. The quantitative estimate of drug-likeness (QED) is 0.0641. The zero-order chi connectivity index (χ0) is 63.1. The van der Waals surface area contributed by atoms with Gasteiger partial charge in [0.05, 0.1) is 53.1 Å². The minimum absolute atomic E-state index is 0.155. The highest BCUT2D eigenvalue weighted by Crippen LogP contribution is 2.38. The van der Waals surface area contributed by atoms with E-state index in [0.717, 1.165) is 79.0 Å². The number of aryl methyl sites for hydroxylation is 6. The molecule has 0 saturated heterocycles. The van der Waals surface area contributed by atoms with Crippen LogP contribution in [-0.4, -0.2) is 47.6 Å². The Morgan fingerprint density at radius 3 is 0.963 bits per heavy atom. The van der Waals surface area contributed by atoms with E-state index in [1.54, 1.807) is 66.9 Å². The first-order valence-corrected chi connectivity index (χ1v) is 28.3. The van der Waals surface area contributed by atoms with Gasteiger partial charge in [-0.3, -0.25) is 10.1 Å². The van der Waals surface area contributed by atoms with Gasteiger partial charge in [-0.05, 0) is 133 Å². The Balaban J connectivity index is -0.000000198. The van der Waals surface area contributed by atoms with Gasteiger partial charge >= 0.3 is 6.18 Å². The fourth-order valence-corrected chi connectivity index (χ4v) is 5.80. The number of methoxy groups -OCH3 is 6. The van der Waals surface area contributed by atoms with Crippen molar-refractivity contribution in [2.24, 2.45) is 0 Å².